The molecule has 0 rings (SSSR count). The summed E-state index contributed by atoms with van der Waals surface area (Å²) in [6.07, 6.45) is 17.9. The normalized spacial score (nSPS) is 12.2. The van der Waals surface area contributed by atoms with Crippen LogP contribution in [0, 0.1) is 5.41 Å². The summed E-state index contributed by atoms with van der Waals surface area (Å²) >= 11 is 0. The van der Waals surface area contributed by atoms with Crippen LogP contribution < -0.4 is 0 Å². The molecule has 0 spiro atoms. The minimum atomic E-state index is -0.193. The second kappa shape index (κ2) is 11.5. The fraction of sp³-hybridized carbons (Fsp3) is 0.824. The predicted octanol–water partition coefficient (Wildman–Crippen LogP) is 5.69. The van der Waals surface area contributed by atoms with Gasteiger partial charge in [0.2, 0.25) is 0 Å². The lowest BCUT2D eigenvalue weighted by molar-refractivity contribution is -0.114. The van der Waals surface area contributed by atoms with E-state index in [4.69, 9.17) is 0 Å². The molecule has 0 heterocycles. The lowest BCUT2D eigenvalue weighted by atomic mass is 9.83. The zero-order valence-corrected chi connectivity index (χ0v) is 12.7. The van der Waals surface area contributed by atoms with Crippen LogP contribution in [-0.4, -0.2) is 6.29 Å². The van der Waals surface area contributed by atoms with E-state index in [9.17, 15) is 4.79 Å². The van der Waals surface area contributed by atoms with E-state index in [0.29, 0.717) is 0 Å². The largest absolute Gasteiger partial charge is 0.302 e. The van der Waals surface area contributed by atoms with Gasteiger partial charge in [-0.3, -0.25) is 0 Å². The average molecular weight is 252 g/mol. The number of carbonyl (C=O) groups excluding carboxylic acids is 1. The number of aldehydes is 1. The van der Waals surface area contributed by atoms with Crippen LogP contribution in [0.3, 0.4) is 0 Å². The number of hydrogen-bond acceptors (Lipinski definition) is 1. The molecule has 0 unspecified atom stereocenters. The van der Waals surface area contributed by atoms with Crippen LogP contribution in [0.1, 0.15) is 85.0 Å². The molecule has 0 fully saturated rings. The van der Waals surface area contributed by atoms with Gasteiger partial charge in [-0.1, -0.05) is 71.4 Å². The number of hydrogen-bond donors (Lipinski definition) is 0. The van der Waals surface area contributed by atoms with Crippen LogP contribution in [0.15, 0.2) is 12.2 Å². The topological polar surface area (TPSA) is 17.1 Å². The van der Waals surface area contributed by atoms with Crippen molar-refractivity contribution in [2.75, 3.05) is 0 Å². The average Bonchev–Trinajstić information content (AvgIpc) is 2.42. The van der Waals surface area contributed by atoms with Gasteiger partial charge in [-0.15, -0.1) is 0 Å². The Morgan fingerprint density at radius 1 is 0.833 bits per heavy atom. The van der Waals surface area contributed by atoms with Gasteiger partial charge < -0.3 is 4.79 Å². The first kappa shape index (κ1) is 17.4. The highest BCUT2D eigenvalue weighted by molar-refractivity contribution is 5.62. The Bertz CT molecular complexity index is 214. The molecule has 0 aromatic heterocycles. The maximum Gasteiger partial charge on any atom is 0.129 e. The summed E-state index contributed by atoms with van der Waals surface area (Å²) in [5, 5.41) is 0. The van der Waals surface area contributed by atoms with Crippen LogP contribution in [-0.2, 0) is 4.79 Å². The van der Waals surface area contributed by atoms with Crippen LogP contribution in [0.25, 0.3) is 0 Å². The van der Waals surface area contributed by atoms with Crippen molar-refractivity contribution in [1.29, 1.82) is 0 Å². The molecule has 106 valence electrons. The Balaban J connectivity index is 3.61. The molecular formula is C17H32O. The minimum absolute atomic E-state index is 0.193. The van der Waals surface area contributed by atoms with Gasteiger partial charge in [0.1, 0.15) is 6.29 Å². The maximum atomic E-state index is 11.1. The van der Waals surface area contributed by atoms with Gasteiger partial charge >= 0.3 is 0 Å². The van der Waals surface area contributed by atoms with Crippen molar-refractivity contribution in [3.05, 3.63) is 12.2 Å². The van der Waals surface area contributed by atoms with Gasteiger partial charge in [0, 0.05) is 5.41 Å². The second-order valence-electron chi connectivity index (χ2n) is 5.37. The van der Waals surface area contributed by atoms with E-state index >= 15 is 0 Å². The Morgan fingerprint density at radius 2 is 1.39 bits per heavy atom. The molecule has 0 atom stereocenters. The number of unbranched alkanes of at least 4 members (excludes halogenated alkanes) is 7. The summed E-state index contributed by atoms with van der Waals surface area (Å²) in [5.41, 5.74) is -0.193. The number of allylic oxidation sites excluding steroid dienone is 2. The fourth-order valence-electron chi connectivity index (χ4n) is 2.23. The van der Waals surface area contributed by atoms with E-state index in [2.05, 4.69) is 32.9 Å². The standard InChI is InChI=1S/C17H32O/c1-4-7-8-9-10-11-12-13-14-15-17(5-2,6-3)16-18/h14-16H,4-13H2,1-3H3. The molecule has 0 aromatic rings. The third kappa shape index (κ3) is 7.68. The zero-order valence-electron chi connectivity index (χ0n) is 12.7. The second-order valence-corrected chi connectivity index (χ2v) is 5.37. The molecule has 0 aliphatic heterocycles. The van der Waals surface area contributed by atoms with Crippen molar-refractivity contribution >= 4 is 6.29 Å². The molecule has 18 heavy (non-hydrogen) atoms. The van der Waals surface area contributed by atoms with Crippen molar-refractivity contribution < 1.29 is 4.79 Å². The van der Waals surface area contributed by atoms with E-state index in [1.54, 1.807) is 0 Å². The van der Waals surface area contributed by atoms with Gasteiger partial charge in [0.05, 0.1) is 0 Å². The predicted molar refractivity (Wildman–Crippen MR) is 80.8 cm³/mol. The minimum Gasteiger partial charge on any atom is -0.302 e. The third-order valence-corrected chi connectivity index (χ3v) is 3.98. The quantitative estimate of drug-likeness (QED) is 0.248. The Labute approximate surface area is 114 Å². The highest BCUT2D eigenvalue weighted by Gasteiger charge is 2.20. The van der Waals surface area contributed by atoms with Gasteiger partial charge in [0.15, 0.2) is 0 Å². The smallest absolute Gasteiger partial charge is 0.129 e. The fourth-order valence-corrected chi connectivity index (χ4v) is 2.23. The summed E-state index contributed by atoms with van der Waals surface area (Å²) in [5.74, 6) is 0. The summed E-state index contributed by atoms with van der Waals surface area (Å²) in [7, 11) is 0. The number of rotatable bonds is 12. The molecule has 0 amide bonds. The zero-order chi connectivity index (χ0) is 13.7. The third-order valence-electron chi connectivity index (χ3n) is 3.98. The van der Waals surface area contributed by atoms with Gasteiger partial charge in [-0.25, -0.2) is 0 Å². The van der Waals surface area contributed by atoms with Crippen LogP contribution >= 0.6 is 0 Å². The molecule has 0 N–H and O–H groups in total. The molecule has 0 saturated carbocycles. The first-order valence-electron chi connectivity index (χ1n) is 7.88. The van der Waals surface area contributed by atoms with Gasteiger partial charge in [-0.2, -0.15) is 0 Å². The molecule has 0 aromatic carbocycles. The van der Waals surface area contributed by atoms with Crippen LogP contribution in [0.5, 0.6) is 0 Å². The van der Waals surface area contributed by atoms with Crippen LogP contribution in [0.4, 0.5) is 0 Å². The molecule has 0 saturated heterocycles. The summed E-state index contributed by atoms with van der Waals surface area (Å²) in [6, 6.07) is 0. The Morgan fingerprint density at radius 3 is 1.89 bits per heavy atom. The monoisotopic (exact) mass is 252 g/mol. The van der Waals surface area contributed by atoms with Crippen molar-refractivity contribution in [3.63, 3.8) is 0 Å². The lowest BCUT2D eigenvalue weighted by Gasteiger charge is -2.19. The van der Waals surface area contributed by atoms with Crippen molar-refractivity contribution in [3.8, 4) is 0 Å². The van der Waals surface area contributed by atoms with E-state index in [1.165, 1.54) is 44.9 Å². The molecule has 1 heteroatoms. The van der Waals surface area contributed by atoms with E-state index < -0.39 is 0 Å². The first-order valence-corrected chi connectivity index (χ1v) is 7.88. The summed E-state index contributed by atoms with van der Waals surface area (Å²) in [6.45, 7) is 6.44. The first-order chi connectivity index (χ1) is 8.74. The highest BCUT2D eigenvalue weighted by atomic mass is 16.1. The molecule has 0 bridgehead atoms. The molecule has 0 radical (unpaired) electrons. The van der Waals surface area contributed by atoms with Gasteiger partial charge in [-0.05, 0) is 25.7 Å². The van der Waals surface area contributed by atoms with E-state index in [1.807, 2.05) is 0 Å². The lowest BCUT2D eigenvalue weighted by Crippen LogP contribution is -2.17. The van der Waals surface area contributed by atoms with E-state index in [0.717, 1.165) is 25.5 Å². The SMILES string of the molecule is CCCCCCCCCC=CC(C=O)(CC)CC. The van der Waals surface area contributed by atoms with E-state index in [-0.39, 0.29) is 5.41 Å². The van der Waals surface area contributed by atoms with Crippen molar-refractivity contribution in [2.24, 2.45) is 5.41 Å². The Kier molecular flexibility index (Phi) is 11.1. The van der Waals surface area contributed by atoms with Crippen molar-refractivity contribution in [1.82, 2.24) is 0 Å². The summed E-state index contributed by atoms with van der Waals surface area (Å²) < 4.78 is 0. The maximum absolute atomic E-state index is 11.1. The van der Waals surface area contributed by atoms with Gasteiger partial charge in [0.25, 0.3) is 0 Å². The Hall–Kier alpha value is -0.590. The molecule has 0 aliphatic carbocycles. The summed E-state index contributed by atoms with van der Waals surface area (Å²) in [4.78, 5) is 11.1. The number of carbonyl (C=O) groups is 1. The van der Waals surface area contributed by atoms with Crippen molar-refractivity contribution in [2.45, 2.75) is 85.0 Å². The molecule has 0 aliphatic rings. The molecule has 1 nitrogen and oxygen atoms in total. The molecular weight excluding hydrogens is 220 g/mol. The van der Waals surface area contributed by atoms with Crippen LogP contribution in [0.2, 0.25) is 0 Å². The highest BCUT2D eigenvalue weighted by Crippen LogP contribution is 2.25.